The maximum Gasteiger partial charge on any atom is 0.280 e. The van der Waals surface area contributed by atoms with Gasteiger partial charge < -0.3 is 15.2 Å². The number of aryl methyl sites for hydroxylation is 1. The van der Waals surface area contributed by atoms with Gasteiger partial charge in [0.05, 0.1) is 18.2 Å². The van der Waals surface area contributed by atoms with E-state index in [4.69, 9.17) is 4.84 Å². The number of carbonyl (C=O) groups excluding carboxylic acids is 1. The van der Waals surface area contributed by atoms with Crippen LogP contribution >= 0.6 is 0 Å². The third-order valence-corrected chi connectivity index (χ3v) is 6.70. The van der Waals surface area contributed by atoms with E-state index >= 15 is 0 Å². The third kappa shape index (κ3) is 6.33. The predicted octanol–water partition coefficient (Wildman–Crippen LogP) is 2.83. The molecule has 0 saturated carbocycles. The van der Waals surface area contributed by atoms with Crippen LogP contribution in [0.5, 0.6) is 0 Å². The first-order valence-corrected chi connectivity index (χ1v) is 13.9. The lowest BCUT2D eigenvalue weighted by Crippen LogP contribution is -2.29. The second-order valence-corrected chi connectivity index (χ2v) is 10.8. The smallest absolute Gasteiger partial charge is 0.280 e. The monoisotopic (exact) mass is 536 g/mol. The molecular formula is C26H28N6O5S. The number of hydrogen-bond acceptors (Lipinski definition) is 9. The normalized spacial score (nSPS) is 11.3. The van der Waals surface area contributed by atoms with Gasteiger partial charge in [-0.2, -0.15) is 4.98 Å². The summed E-state index contributed by atoms with van der Waals surface area (Å²) in [5.41, 5.74) is 5.20. The number of fused-ring (bicyclic) bond motifs is 1. The quantitative estimate of drug-likeness (QED) is 0.261. The largest absolute Gasteiger partial charge is 0.384 e. The number of pyridine rings is 1. The van der Waals surface area contributed by atoms with Crippen molar-refractivity contribution < 1.29 is 18.0 Å². The summed E-state index contributed by atoms with van der Waals surface area (Å²) in [6, 6.07) is 14.9. The number of hydrogen-bond donors (Lipinski definition) is 3. The van der Waals surface area contributed by atoms with E-state index < -0.39 is 21.2 Å². The van der Waals surface area contributed by atoms with Crippen molar-refractivity contribution in [3.05, 3.63) is 82.3 Å². The van der Waals surface area contributed by atoms with Gasteiger partial charge in [-0.3, -0.25) is 14.4 Å². The Morgan fingerprint density at radius 2 is 1.74 bits per heavy atom. The number of anilines is 3. The fourth-order valence-corrected chi connectivity index (χ4v) is 4.22. The molecule has 198 valence electrons. The number of aromatic nitrogens is 3. The Balaban J connectivity index is 1.68. The van der Waals surface area contributed by atoms with Crippen LogP contribution in [0.25, 0.3) is 16.7 Å². The Morgan fingerprint density at radius 3 is 2.37 bits per heavy atom. The van der Waals surface area contributed by atoms with E-state index in [1.807, 2.05) is 24.3 Å². The Labute approximate surface area is 219 Å². The van der Waals surface area contributed by atoms with Gasteiger partial charge in [-0.05, 0) is 48.4 Å². The van der Waals surface area contributed by atoms with Gasteiger partial charge in [0.1, 0.15) is 15.4 Å². The minimum atomic E-state index is -3.05. The fourth-order valence-electron chi connectivity index (χ4n) is 3.75. The molecule has 38 heavy (non-hydrogen) atoms. The molecule has 0 fully saturated rings. The SMILES string of the molecule is CCc1ccc(-n2cc(C(=O)NOC)c(=O)c3cnc(Nc4ccc(NCCS(C)(=O)=O)cc4)nc32)cc1. The number of sulfone groups is 1. The molecule has 12 heteroatoms. The predicted molar refractivity (Wildman–Crippen MR) is 147 cm³/mol. The van der Waals surface area contributed by atoms with Crippen molar-refractivity contribution in [3.8, 4) is 5.69 Å². The molecule has 2 heterocycles. The van der Waals surface area contributed by atoms with Gasteiger partial charge in [-0.15, -0.1) is 0 Å². The van der Waals surface area contributed by atoms with Gasteiger partial charge in [-0.1, -0.05) is 19.1 Å². The Kier molecular flexibility index (Phi) is 8.03. The lowest BCUT2D eigenvalue weighted by atomic mass is 10.1. The van der Waals surface area contributed by atoms with Gasteiger partial charge in [-0.25, -0.2) is 18.9 Å². The summed E-state index contributed by atoms with van der Waals surface area (Å²) in [5, 5.41) is 6.35. The zero-order valence-corrected chi connectivity index (χ0v) is 22.0. The molecule has 1 amide bonds. The zero-order valence-electron chi connectivity index (χ0n) is 21.2. The first kappa shape index (κ1) is 26.8. The van der Waals surface area contributed by atoms with Crippen molar-refractivity contribution in [1.29, 1.82) is 0 Å². The second-order valence-electron chi connectivity index (χ2n) is 8.59. The van der Waals surface area contributed by atoms with Gasteiger partial charge in [0, 0.05) is 42.3 Å². The van der Waals surface area contributed by atoms with Crippen molar-refractivity contribution >= 4 is 44.1 Å². The molecule has 0 unspecified atom stereocenters. The lowest BCUT2D eigenvalue weighted by molar-refractivity contribution is 0.0536. The highest BCUT2D eigenvalue weighted by atomic mass is 32.2. The van der Waals surface area contributed by atoms with Crippen LogP contribution in [0.1, 0.15) is 22.8 Å². The summed E-state index contributed by atoms with van der Waals surface area (Å²) in [6.45, 7) is 2.36. The Bertz CT molecular complexity index is 1620. The minimum Gasteiger partial charge on any atom is -0.384 e. The molecule has 0 atom stereocenters. The van der Waals surface area contributed by atoms with E-state index in [9.17, 15) is 18.0 Å². The topological polar surface area (TPSA) is 144 Å². The van der Waals surface area contributed by atoms with Crippen LogP contribution in [0.2, 0.25) is 0 Å². The average Bonchev–Trinajstić information content (AvgIpc) is 2.89. The zero-order chi connectivity index (χ0) is 27.3. The van der Waals surface area contributed by atoms with Crippen LogP contribution in [0.3, 0.4) is 0 Å². The van der Waals surface area contributed by atoms with Gasteiger partial charge in [0.2, 0.25) is 11.4 Å². The molecular weight excluding hydrogens is 508 g/mol. The van der Waals surface area contributed by atoms with Crippen molar-refractivity contribution in [2.45, 2.75) is 13.3 Å². The maximum atomic E-state index is 13.1. The molecule has 3 N–H and O–H groups in total. The average molecular weight is 537 g/mol. The maximum absolute atomic E-state index is 13.1. The number of nitrogens with one attached hydrogen (secondary N) is 3. The fraction of sp³-hybridized carbons (Fsp3) is 0.231. The van der Waals surface area contributed by atoms with E-state index in [1.165, 1.54) is 25.8 Å². The van der Waals surface area contributed by atoms with E-state index in [0.29, 0.717) is 23.6 Å². The van der Waals surface area contributed by atoms with Crippen LogP contribution in [-0.4, -0.2) is 54.5 Å². The van der Waals surface area contributed by atoms with E-state index in [1.54, 1.807) is 28.8 Å². The molecule has 0 bridgehead atoms. The lowest BCUT2D eigenvalue weighted by Gasteiger charge is -2.14. The molecule has 4 aromatic rings. The first-order valence-electron chi connectivity index (χ1n) is 11.8. The van der Waals surface area contributed by atoms with E-state index in [-0.39, 0.29) is 22.7 Å². The third-order valence-electron chi connectivity index (χ3n) is 5.75. The molecule has 0 spiro atoms. The Hall–Kier alpha value is -4.29. The molecule has 0 radical (unpaired) electrons. The van der Waals surface area contributed by atoms with Crippen molar-refractivity contribution in [2.75, 3.05) is 36.3 Å². The van der Waals surface area contributed by atoms with Crippen molar-refractivity contribution in [2.24, 2.45) is 0 Å². The molecule has 0 aliphatic rings. The number of hydroxylamine groups is 1. The molecule has 2 aromatic heterocycles. The Morgan fingerprint density at radius 1 is 1.05 bits per heavy atom. The summed E-state index contributed by atoms with van der Waals surface area (Å²) < 4.78 is 24.3. The number of amides is 1. The van der Waals surface area contributed by atoms with Crippen LogP contribution in [0.4, 0.5) is 17.3 Å². The highest BCUT2D eigenvalue weighted by Gasteiger charge is 2.18. The molecule has 11 nitrogen and oxygen atoms in total. The number of benzene rings is 2. The summed E-state index contributed by atoms with van der Waals surface area (Å²) in [7, 11) is -1.75. The number of rotatable bonds is 10. The van der Waals surface area contributed by atoms with Crippen LogP contribution in [0.15, 0.2) is 65.7 Å². The van der Waals surface area contributed by atoms with E-state index in [2.05, 4.69) is 33.0 Å². The summed E-state index contributed by atoms with van der Waals surface area (Å²) in [4.78, 5) is 39.2. The highest BCUT2D eigenvalue weighted by molar-refractivity contribution is 7.90. The molecule has 4 rings (SSSR count). The van der Waals surface area contributed by atoms with Gasteiger partial charge >= 0.3 is 0 Å². The summed E-state index contributed by atoms with van der Waals surface area (Å²) >= 11 is 0. The van der Waals surface area contributed by atoms with Crippen LogP contribution < -0.4 is 21.5 Å². The van der Waals surface area contributed by atoms with Crippen molar-refractivity contribution in [3.63, 3.8) is 0 Å². The minimum absolute atomic E-state index is 0.0373. The standard InChI is InChI=1S/C26H28N6O5S/c1-4-17-5-11-20(12-6-17)32-16-22(25(34)31-37-2)23(33)21-15-28-26(30-24(21)32)29-19-9-7-18(8-10-19)27-13-14-38(3,35)36/h5-12,15-16,27H,4,13-14H2,1-3H3,(H,31,34)(H,28,29,30). The van der Waals surface area contributed by atoms with Gasteiger partial charge in [0.25, 0.3) is 5.91 Å². The molecule has 2 aromatic carbocycles. The summed E-state index contributed by atoms with van der Waals surface area (Å²) in [5.74, 6) is -0.385. The summed E-state index contributed by atoms with van der Waals surface area (Å²) in [6.07, 6.45) is 4.89. The highest BCUT2D eigenvalue weighted by Crippen LogP contribution is 2.21. The van der Waals surface area contributed by atoms with Crippen LogP contribution in [-0.2, 0) is 21.1 Å². The first-order chi connectivity index (χ1) is 18.2. The molecule has 0 saturated heterocycles. The molecule has 0 aliphatic heterocycles. The second kappa shape index (κ2) is 11.4. The van der Waals surface area contributed by atoms with Gasteiger partial charge in [0.15, 0.2) is 5.65 Å². The van der Waals surface area contributed by atoms with Crippen molar-refractivity contribution in [1.82, 2.24) is 20.0 Å². The number of carbonyl (C=O) groups is 1. The van der Waals surface area contributed by atoms with E-state index in [0.717, 1.165) is 17.7 Å². The number of nitrogens with zero attached hydrogens (tertiary/aromatic N) is 3. The molecule has 0 aliphatic carbocycles. The van der Waals surface area contributed by atoms with Crippen LogP contribution in [0, 0.1) is 0 Å².